The standard InChI is InChI=1S/C26H29N5O2S2/c1-5-6-13-33-21-11-9-19(10-12-21)24-29-30-26(31(24)4)35-16-23(32)28-25-27-22(15-34-25)20-8-7-17(2)18(3)14-20/h7-12,14-15H,5-6,13,16H2,1-4H3,(H,27,28,32). The molecule has 2 aromatic carbocycles. The van der Waals surface area contributed by atoms with Crippen molar-refractivity contribution in [2.75, 3.05) is 17.7 Å². The van der Waals surface area contributed by atoms with Crippen LogP contribution >= 0.6 is 23.1 Å². The molecule has 182 valence electrons. The Balaban J connectivity index is 1.33. The van der Waals surface area contributed by atoms with E-state index in [9.17, 15) is 4.79 Å². The molecule has 35 heavy (non-hydrogen) atoms. The van der Waals surface area contributed by atoms with Crippen molar-refractivity contribution in [2.24, 2.45) is 7.05 Å². The highest BCUT2D eigenvalue weighted by atomic mass is 32.2. The summed E-state index contributed by atoms with van der Waals surface area (Å²) in [6.07, 6.45) is 2.14. The Bertz CT molecular complexity index is 1300. The van der Waals surface area contributed by atoms with Crippen molar-refractivity contribution < 1.29 is 9.53 Å². The molecule has 0 fully saturated rings. The first-order chi connectivity index (χ1) is 16.9. The molecule has 0 unspecified atom stereocenters. The van der Waals surface area contributed by atoms with Gasteiger partial charge in [-0.2, -0.15) is 0 Å². The molecular formula is C26H29N5O2S2. The molecule has 0 aliphatic heterocycles. The summed E-state index contributed by atoms with van der Waals surface area (Å²) in [5.74, 6) is 1.67. The second-order valence-corrected chi connectivity index (χ2v) is 10.1. The van der Waals surface area contributed by atoms with E-state index in [2.05, 4.69) is 59.5 Å². The van der Waals surface area contributed by atoms with E-state index in [1.807, 2.05) is 41.3 Å². The summed E-state index contributed by atoms with van der Waals surface area (Å²) in [7, 11) is 1.90. The van der Waals surface area contributed by atoms with Crippen LogP contribution in [0.15, 0.2) is 53.0 Å². The third kappa shape index (κ3) is 6.29. The molecule has 7 nitrogen and oxygen atoms in total. The van der Waals surface area contributed by atoms with Gasteiger partial charge in [0, 0.05) is 23.6 Å². The maximum atomic E-state index is 12.5. The number of hydrogen-bond acceptors (Lipinski definition) is 7. The van der Waals surface area contributed by atoms with E-state index in [-0.39, 0.29) is 11.7 Å². The Kier molecular flexibility index (Phi) is 8.20. The fourth-order valence-electron chi connectivity index (χ4n) is 3.38. The van der Waals surface area contributed by atoms with Crippen molar-refractivity contribution in [1.29, 1.82) is 0 Å². The number of anilines is 1. The Labute approximate surface area is 214 Å². The highest BCUT2D eigenvalue weighted by Crippen LogP contribution is 2.28. The maximum Gasteiger partial charge on any atom is 0.236 e. The van der Waals surface area contributed by atoms with Gasteiger partial charge >= 0.3 is 0 Å². The lowest BCUT2D eigenvalue weighted by molar-refractivity contribution is -0.113. The largest absolute Gasteiger partial charge is 0.494 e. The summed E-state index contributed by atoms with van der Waals surface area (Å²) < 4.78 is 7.62. The second kappa shape index (κ2) is 11.5. The zero-order chi connectivity index (χ0) is 24.8. The van der Waals surface area contributed by atoms with Crippen LogP contribution in [0.1, 0.15) is 30.9 Å². The van der Waals surface area contributed by atoms with Crippen molar-refractivity contribution >= 4 is 34.1 Å². The van der Waals surface area contributed by atoms with Crippen LogP contribution in [-0.2, 0) is 11.8 Å². The number of nitrogens with zero attached hydrogens (tertiary/aromatic N) is 4. The van der Waals surface area contributed by atoms with E-state index < -0.39 is 0 Å². The monoisotopic (exact) mass is 507 g/mol. The number of rotatable bonds is 10. The van der Waals surface area contributed by atoms with Crippen LogP contribution in [0.3, 0.4) is 0 Å². The van der Waals surface area contributed by atoms with Crippen LogP contribution in [0.4, 0.5) is 5.13 Å². The summed E-state index contributed by atoms with van der Waals surface area (Å²) in [6.45, 7) is 7.03. The van der Waals surface area contributed by atoms with Gasteiger partial charge in [-0.1, -0.05) is 37.2 Å². The zero-order valence-corrected chi connectivity index (χ0v) is 22.0. The van der Waals surface area contributed by atoms with Gasteiger partial charge in [-0.3, -0.25) is 4.79 Å². The first kappa shape index (κ1) is 24.9. The lowest BCUT2D eigenvalue weighted by Crippen LogP contribution is -2.14. The van der Waals surface area contributed by atoms with Gasteiger partial charge in [-0.25, -0.2) is 4.98 Å². The van der Waals surface area contributed by atoms with Gasteiger partial charge in [0.15, 0.2) is 16.1 Å². The van der Waals surface area contributed by atoms with Gasteiger partial charge in [0.05, 0.1) is 18.1 Å². The van der Waals surface area contributed by atoms with Gasteiger partial charge in [0.1, 0.15) is 5.75 Å². The molecule has 0 saturated carbocycles. The van der Waals surface area contributed by atoms with Crippen LogP contribution in [-0.4, -0.2) is 38.0 Å². The van der Waals surface area contributed by atoms with Gasteiger partial charge in [-0.15, -0.1) is 21.5 Å². The predicted molar refractivity (Wildman–Crippen MR) is 143 cm³/mol. The molecule has 1 N–H and O–H groups in total. The smallest absolute Gasteiger partial charge is 0.236 e. The molecule has 0 atom stereocenters. The summed E-state index contributed by atoms with van der Waals surface area (Å²) >= 11 is 2.76. The lowest BCUT2D eigenvalue weighted by atomic mass is 10.1. The number of ether oxygens (including phenoxy) is 1. The van der Waals surface area contributed by atoms with E-state index in [1.165, 1.54) is 34.2 Å². The van der Waals surface area contributed by atoms with Gasteiger partial charge in [0.25, 0.3) is 0 Å². The predicted octanol–water partition coefficient (Wildman–Crippen LogP) is 6.13. The number of hydrogen-bond donors (Lipinski definition) is 1. The van der Waals surface area contributed by atoms with Crippen molar-refractivity contribution in [2.45, 2.75) is 38.8 Å². The highest BCUT2D eigenvalue weighted by molar-refractivity contribution is 7.99. The molecule has 1 amide bonds. The average molecular weight is 508 g/mol. The van der Waals surface area contributed by atoms with Crippen LogP contribution in [0.2, 0.25) is 0 Å². The molecule has 4 rings (SSSR count). The first-order valence-corrected chi connectivity index (χ1v) is 13.4. The molecule has 0 bridgehead atoms. The molecule has 2 heterocycles. The number of nitrogens with one attached hydrogen (secondary N) is 1. The molecule has 0 aliphatic rings. The first-order valence-electron chi connectivity index (χ1n) is 11.5. The fourth-order valence-corrected chi connectivity index (χ4v) is 4.82. The topological polar surface area (TPSA) is 81.9 Å². The minimum atomic E-state index is -0.130. The number of aromatic nitrogens is 4. The molecule has 0 spiro atoms. The molecule has 0 saturated heterocycles. The van der Waals surface area contributed by atoms with Crippen molar-refractivity contribution in [1.82, 2.24) is 19.7 Å². The number of benzene rings is 2. The maximum absolute atomic E-state index is 12.5. The highest BCUT2D eigenvalue weighted by Gasteiger charge is 2.14. The SMILES string of the molecule is CCCCOc1ccc(-c2nnc(SCC(=O)Nc3nc(-c4ccc(C)c(C)c4)cs3)n2C)cc1. The number of thiazole rings is 1. The Morgan fingerprint density at radius 3 is 2.60 bits per heavy atom. The Morgan fingerprint density at radius 1 is 1.09 bits per heavy atom. The van der Waals surface area contributed by atoms with Gasteiger partial charge in [-0.05, 0) is 61.7 Å². The quantitative estimate of drug-likeness (QED) is 0.205. The number of aryl methyl sites for hydroxylation is 2. The molecule has 0 radical (unpaired) electrons. The summed E-state index contributed by atoms with van der Waals surface area (Å²) in [5, 5.41) is 14.7. The normalized spacial score (nSPS) is 11.0. The van der Waals surface area contributed by atoms with Crippen molar-refractivity contribution in [3.63, 3.8) is 0 Å². The minimum absolute atomic E-state index is 0.130. The zero-order valence-electron chi connectivity index (χ0n) is 20.4. The van der Waals surface area contributed by atoms with Crippen LogP contribution in [0.25, 0.3) is 22.6 Å². The molecule has 0 aliphatic carbocycles. The second-order valence-electron chi connectivity index (χ2n) is 8.27. The number of carbonyl (C=O) groups is 1. The van der Waals surface area contributed by atoms with Crippen LogP contribution in [0.5, 0.6) is 5.75 Å². The number of carbonyl (C=O) groups excluding carboxylic acids is 1. The minimum Gasteiger partial charge on any atom is -0.494 e. The Morgan fingerprint density at radius 2 is 1.86 bits per heavy atom. The Hall–Kier alpha value is -3.17. The number of thioether (sulfide) groups is 1. The van der Waals surface area contributed by atoms with E-state index in [1.54, 1.807) is 0 Å². The molecule has 2 aromatic heterocycles. The van der Waals surface area contributed by atoms with E-state index in [0.29, 0.717) is 10.3 Å². The summed E-state index contributed by atoms with van der Waals surface area (Å²) in [6, 6.07) is 14.1. The lowest BCUT2D eigenvalue weighted by Gasteiger charge is -2.07. The molecule has 9 heteroatoms. The van der Waals surface area contributed by atoms with Crippen LogP contribution < -0.4 is 10.1 Å². The third-order valence-corrected chi connectivity index (χ3v) is 7.38. The van der Waals surface area contributed by atoms with E-state index >= 15 is 0 Å². The molecule has 4 aromatic rings. The summed E-state index contributed by atoms with van der Waals surface area (Å²) in [5.41, 5.74) is 5.32. The van der Waals surface area contributed by atoms with Gasteiger partial charge in [0.2, 0.25) is 5.91 Å². The average Bonchev–Trinajstić information content (AvgIpc) is 3.47. The van der Waals surface area contributed by atoms with Gasteiger partial charge < -0.3 is 14.6 Å². The van der Waals surface area contributed by atoms with Crippen molar-refractivity contribution in [3.05, 3.63) is 59.0 Å². The fraction of sp³-hybridized carbons (Fsp3) is 0.308. The molecular weight excluding hydrogens is 478 g/mol. The van der Waals surface area contributed by atoms with E-state index in [4.69, 9.17) is 4.74 Å². The number of unbranched alkanes of at least 4 members (excludes halogenated alkanes) is 1. The van der Waals surface area contributed by atoms with E-state index in [0.717, 1.165) is 47.8 Å². The van der Waals surface area contributed by atoms with Crippen LogP contribution in [0, 0.1) is 13.8 Å². The van der Waals surface area contributed by atoms with Crippen molar-refractivity contribution in [3.8, 4) is 28.4 Å². The summed E-state index contributed by atoms with van der Waals surface area (Å²) in [4.78, 5) is 17.1. The number of amides is 1. The third-order valence-electron chi connectivity index (χ3n) is 5.60.